The number of aromatic nitrogens is 3. The maximum atomic E-state index is 12.7. The number of morpholine rings is 2. The van der Waals surface area contributed by atoms with E-state index in [1.54, 1.807) is 12.4 Å². The molecule has 1 amide bonds. The monoisotopic (exact) mass is 329 g/mol. The van der Waals surface area contributed by atoms with Crippen LogP contribution in [0.4, 0.5) is 5.82 Å². The van der Waals surface area contributed by atoms with E-state index in [9.17, 15) is 4.79 Å². The summed E-state index contributed by atoms with van der Waals surface area (Å²) in [6.07, 6.45) is 4.51. The van der Waals surface area contributed by atoms with Gasteiger partial charge < -0.3 is 19.3 Å². The Morgan fingerprint density at radius 3 is 2.92 bits per heavy atom. The molecule has 1 atom stereocenters. The van der Waals surface area contributed by atoms with Crippen molar-refractivity contribution >= 4 is 22.6 Å². The van der Waals surface area contributed by atoms with Crippen molar-refractivity contribution in [1.29, 1.82) is 0 Å². The Balaban J connectivity index is 1.55. The first-order valence-electron chi connectivity index (χ1n) is 8.11. The van der Waals surface area contributed by atoms with E-state index < -0.39 is 6.10 Å². The molecule has 0 N–H and O–H groups in total. The van der Waals surface area contributed by atoms with Crippen molar-refractivity contribution in [2.45, 2.75) is 6.10 Å². The van der Waals surface area contributed by atoms with Crippen LogP contribution in [0.3, 0.4) is 0 Å². The predicted molar refractivity (Wildman–Crippen MR) is 86.7 cm³/mol. The van der Waals surface area contributed by atoms with Crippen LogP contribution in [0, 0.1) is 0 Å². The van der Waals surface area contributed by atoms with Gasteiger partial charge in [0.2, 0.25) is 0 Å². The lowest BCUT2D eigenvalue weighted by Crippen LogP contribution is -2.53. The molecule has 2 saturated heterocycles. The largest absolute Gasteiger partial charge is 0.378 e. The van der Waals surface area contributed by atoms with Gasteiger partial charge in [-0.1, -0.05) is 0 Å². The molecule has 0 bridgehead atoms. The molecule has 4 rings (SSSR count). The number of carbonyl (C=O) groups excluding carboxylic acids is 1. The minimum Gasteiger partial charge on any atom is -0.378 e. The predicted octanol–water partition coefficient (Wildman–Crippen LogP) is 0.0888. The zero-order chi connectivity index (χ0) is 16.4. The van der Waals surface area contributed by atoms with E-state index in [0.717, 1.165) is 16.7 Å². The van der Waals surface area contributed by atoms with Crippen molar-refractivity contribution in [3.63, 3.8) is 0 Å². The lowest BCUT2D eigenvalue weighted by atomic mass is 10.2. The van der Waals surface area contributed by atoms with Crippen LogP contribution in [0.1, 0.15) is 0 Å². The number of nitrogens with zero attached hydrogens (tertiary/aromatic N) is 5. The first kappa shape index (κ1) is 15.2. The van der Waals surface area contributed by atoms with Gasteiger partial charge in [0, 0.05) is 31.2 Å². The summed E-state index contributed by atoms with van der Waals surface area (Å²) in [5.41, 5.74) is 0.796. The highest BCUT2D eigenvalue weighted by Gasteiger charge is 2.32. The van der Waals surface area contributed by atoms with Crippen LogP contribution in [0.15, 0.2) is 24.8 Å². The van der Waals surface area contributed by atoms with E-state index in [-0.39, 0.29) is 5.91 Å². The Labute approximate surface area is 139 Å². The Bertz CT molecular complexity index is 729. The molecule has 8 heteroatoms. The summed E-state index contributed by atoms with van der Waals surface area (Å²) in [7, 11) is 0. The Morgan fingerprint density at radius 2 is 2.04 bits per heavy atom. The summed E-state index contributed by atoms with van der Waals surface area (Å²) < 4.78 is 11.0. The molecule has 2 fully saturated rings. The fourth-order valence-corrected chi connectivity index (χ4v) is 3.12. The lowest BCUT2D eigenvalue weighted by Gasteiger charge is -2.36. The second-order valence-electron chi connectivity index (χ2n) is 5.83. The zero-order valence-corrected chi connectivity index (χ0v) is 13.3. The van der Waals surface area contributed by atoms with E-state index in [2.05, 4.69) is 19.9 Å². The summed E-state index contributed by atoms with van der Waals surface area (Å²) in [5.74, 6) is 0.855. The molecule has 1 unspecified atom stereocenters. The summed E-state index contributed by atoms with van der Waals surface area (Å²) in [6, 6.07) is 1.90. The number of ether oxygens (including phenoxy) is 2. The highest BCUT2D eigenvalue weighted by atomic mass is 16.5. The fraction of sp³-hybridized carbons (Fsp3) is 0.500. The van der Waals surface area contributed by atoms with Gasteiger partial charge in [0.15, 0.2) is 6.10 Å². The molecule has 8 nitrogen and oxygen atoms in total. The van der Waals surface area contributed by atoms with Crippen molar-refractivity contribution in [2.75, 3.05) is 50.9 Å². The van der Waals surface area contributed by atoms with Crippen LogP contribution in [0.2, 0.25) is 0 Å². The van der Waals surface area contributed by atoms with Gasteiger partial charge in [-0.3, -0.25) is 9.78 Å². The number of amides is 1. The highest BCUT2D eigenvalue weighted by Crippen LogP contribution is 2.24. The number of hydrogen-bond donors (Lipinski definition) is 0. The quantitative estimate of drug-likeness (QED) is 0.772. The van der Waals surface area contributed by atoms with Crippen LogP contribution in [0.25, 0.3) is 10.9 Å². The van der Waals surface area contributed by atoms with Gasteiger partial charge in [-0.05, 0) is 6.07 Å². The number of anilines is 1. The summed E-state index contributed by atoms with van der Waals surface area (Å²) in [6.45, 7) is 4.11. The number of fused-ring (bicyclic) bond motifs is 1. The highest BCUT2D eigenvalue weighted by molar-refractivity contribution is 5.89. The molecule has 4 heterocycles. The first-order chi connectivity index (χ1) is 11.8. The maximum Gasteiger partial charge on any atom is 0.253 e. The standard InChI is InChI=1S/C16H19N5O3/c22-16(20-3-6-23-7-4-20)14-10-21(5-8-24-14)15-12-1-2-17-9-13(12)18-11-19-15/h1-2,9,11,14H,3-8,10H2. The van der Waals surface area contributed by atoms with E-state index in [1.165, 1.54) is 6.33 Å². The van der Waals surface area contributed by atoms with Gasteiger partial charge in [-0.25, -0.2) is 9.97 Å². The average molecular weight is 329 g/mol. The van der Waals surface area contributed by atoms with Crippen LogP contribution >= 0.6 is 0 Å². The van der Waals surface area contributed by atoms with Gasteiger partial charge in [-0.15, -0.1) is 0 Å². The molecule has 24 heavy (non-hydrogen) atoms. The third-order valence-electron chi connectivity index (χ3n) is 4.38. The lowest BCUT2D eigenvalue weighted by molar-refractivity contribution is -0.148. The zero-order valence-electron chi connectivity index (χ0n) is 13.3. The summed E-state index contributed by atoms with van der Waals surface area (Å²) in [5, 5.41) is 0.937. The van der Waals surface area contributed by atoms with Crippen LogP contribution in [-0.2, 0) is 14.3 Å². The molecule has 0 aromatic carbocycles. The second-order valence-corrected chi connectivity index (χ2v) is 5.83. The van der Waals surface area contributed by atoms with Gasteiger partial charge in [-0.2, -0.15) is 0 Å². The third kappa shape index (κ3) is 2.90. The van der Waals surface area contributed by atoms with Crippen LogP contribution < -0.4 is 4.90 Å². The van der Waals surface area contributed by atoms with Crippen molar-refractivity contribution in [3.8, 4) is 0 Å². The molecule has 126 valence electrons. The summed E-state index contributed by atoms with van der Waals surface area (Å²) >= 11 is 0. The molecule has 0 aliphatic carbocycles. The number of hydrogen-bond acceptors (Lipinski definition) is 7. The van der Waals surface area contributed by atoms with Crippen molar-refractivity contribution in [1.82, 2.24) is 19.9 Å². The molecule has 2 aliphatic rings. The maximum absolute atomic E-state index is 12.7. The summed E-state index contributed by atoms with van der Waals surface area (Å²) in [4.78, 5) is 29.3. The van der Waals surface area contributed by atoms with E-state index in [4.69, 9.17) is 9.47 Å². The smallest absolute Gasteiger partial charge is 0.253 e. The minimum atomic E-state index is -0.469. The number of carbonyl (C=O) groups is 1. The molecule has 0 saturated carbocycles. The molecule has 0 spiro atoms. The van der Waals surface area contributed by atoms with Gasteiger partial charge >= 0.3 is 0 Å². The second kappa shape index (κ2) is 6.66. The Hall–Kier alpha value is -2.32. The van der Waals surface area contributed by atoms with Crippen molar-refractivity contribution < 1.29 is 14.3 Å². The molecule has 0 radical (unpaired) electrons. The molecule has 2 aromatic heterocycles. The fourth-order valence-electron chi connectivity index (χ4n) is 3.12. The number of rotatable bonds is 2. The van der Waals surface area contributed by atoms with Gasteiger partial charge in [0.05, 0.1) is 38.1 Å². The first-order valence-corrected chi connectivity index (χ1v) is 8.11. The average Bonchev–Trinajstić information content (AvgIpc) is 2.68. The van der Waals surface area contributed by atoms with Crippen LogP contribution in [-0.4, -0.2) is 77.9 Å². The van der Waals surface area contributed by atoms with Crippen LogP contribution in [0.5, 0.6) is 0 Å². The minimum absolute atomic E-state index is 0.0306. The molecular weight excluding hydrogens is 310 g/mol. The third-order valence-corrected chi connectivity index (χ3v) is 4.38. The molecule has 2 aromatic rings. The Morgan fingerprint density at radius 1 is 1.17 bits per heavy atom. The van der Waals surface area contributed by atoms with E-state index >= 15 is 0 Å². The van der Waals surface area contributed by atoms with Gasteiger partial charge in [0.25, 0.3) is 5.91 Å². The SMILES string of the molecule is O=C(C1CN(c2ncnc3cnccc23)CCO1)N1CCOCC1. The number of pyridine rings is 1. The Kier molecular flexibility index (Phi) is 4.22. The van der Waals surface area contributed by atoms with Crippen molar-refractivity contribution in [3.05, 3.63) is 24.8 Å². The topological polar surface area (TPSA) is 80.7 Å². The van der Waals surface area contributed by atoms with E-state index in [0.29, 0.717) is 46.0 Å². The van der Waals surface area contributed by atoms with E-state index in [1.807, 2.05) is 11.0 Å². The van der Waals surface area contributed by atoms with Gasteiger partial charge in [0.1, 0.15) is 12.1 Å². The normalized spacial score (nSPS) is 21.9. The molecular formula is C16H19N5O3. The molecule has 2 aliphatic heterocycles. The van der Waals surface area contributed by atoms with Crippen molar-refractivity contribution in [2.24, 2.45) is 0 Å².